The Hall–Kier alpha value is -3.05. The van der Waals surface area contributed by atoms with Crippen LogP contribution in [0.15, 0.2) is 47.8 Å². The van der Waals surface area contributed by atoms with E-state index >= 15 is 4.39 Å². The van der Waals surface area contributed by atoms with Crippen molar-refractivity contribution < 1.29 is 27.1 Å². The quantitative estimate of drug-likeness (QED) is 0.567. The minimum absolute atomic E-state index is 0.138. The van der Waals surface area contributed by atoms with Crippen LogP contribution >= 0.6 is 11.6 Å². The Morgan fingerprint density at radius 2 is 1.90 bits per heavy atom. The van der Waals surface area contributed by atoms with Crippen LogP contribution in [0, 0.1) is 11.8 Å². The summed E-state index contributed by atoms with van der Waals surface area (Å²) in [6.07, 6.45) is 1.88. The Bertz CT molecular complexity index is 1180. The summed E-state index contributed by atoms with van der Waals surface area (Å²) in [6.45, 7) is -0.182. The van der Waals surface area contributed by atoms with Gasteiger partial charge in [0, 0.05) is 30.7 Å². The molecule has 0 aliphatic rings. The van der Waals surface area contributed by atoms with Gasteiger partial charge in [-0.05, 0) is 30.7 Å². The van der Waals surface area contributed by atoms with Gasteiger partial charge in [0.1, 0.15) is 15.7 Å². The smallest absolute Gasteiger partial charge is 0.404 e. The molecule has 0 unspecified atom stereocenters. The summed E-state index contributed by atoms with van der Waals surface area (Å²) in [5.41, 5.74) is -1.10. The lowest BCUT2D eigenvalue weighted by molar-refractivity contribution is 0.194. The fraction of sp³-hybridized carbons (Fsp3) is 0.118. The first-order valence-corrected chi connectivity index (χ1v) is 9.88. The van der Waals surface area contributed by atoms with Crippen LogP contribution in [0.4, 0.5) is 13.6 Å². The number of pyridine rings is 2. The first kappa shape index (κ1) is 20.7. The third-order valence-electron chi connectivity index (χ3n) is 3.93. The van der Waals surface area contributed by atoms with Crippen LogP contribution in [0.5, 0.6) is 0 Å². The average molecular weight is 443 g/mol. The molecule has 0 fully saturated rings. The highest BCUT2D eigenvalue weighted by molar-refractivity contribution is 7.90. The highest BCUT2D eigenvalue weighted by Crippen LogP contribution is 2.33. The fourth-order valence-corrected chi connectivity index (χ4v) is 4.47. The van der Waals surface area contributed by atoms with Crippen LogP contribution in [0.25, 0.3) is 11.3 Å². The second-order valence-corrected chi connectivity index (χ2v) is 7.88. The summed E-state index contributed by atoms with van der Waals surface area (Å²) >= 11 is 5.89. The maximum absolute atomic E-state index is 15.1. The Kier molecular flexibility index (Phi) is 5.80. The predicted molar refractivity (Wildman–Crippen MR) is 99.1 cm³/mol. The normalized spacial score (nSPS) is 11.4. The van der Waals surface area contributed by atoms with Gasteiger partial charge < -0.3 is 10.4 Å². The van der Waals surface area contributed by atoms with E-state index in [-0.39, 0.29) is 29.2 Å². The van der Waals surface area contributed by atoms with Crippen molar-refractivity contribution in [3.05, 3.63) is 65.3 Å². The molecule has 3 heterocycles. The van der Waals surface area contributed by atoms with Crippen molar-refractivity contribution >= 4 is 27.7 Å². The van der Waals surface area contributed by atoms with Gasteiger partial charge in [-0.25, -0.2) is 31.5 Å². The van der Waals surface area contributed by atoms with Gasteiger partial charge in [-0.2, -0.15) is 4.39 Å². The van der Waals surface area contributed by atoms with Crippen LogP contribution in [-0.2, 0) is 16.4 Å². The lowest BCUT2D eigenvalue weighted by Crippen LogP contribution is -2.23. The summed E-state index contributed by atoms with van der Waals surface area (Å²) in [4.78, 5) is 17.3. The molecule has 0 saturated heterocycles. The van der Waals surface area contributed by atoms with E-state index in [4.69, 9.17) is 16.7 Å². The van der Waals surface area contributed by atoms with Gasteiger partial charge in [0.2, 0.25) is 5.95 Å². The molecule has 1 amide bonds. The summed E-state index contributed by atoms with van der Waals surface area (Å²) in [5, 5.41) is 10.4. The van der Waals surface area contributed by atoms with Crippen molar-refractivity contribution in [1.82, 2.24) is 19.3 Å². The van der Waals surface area contributed by atoms with E-state index in [1.54, 1.807) is 0 Å². The SMILES string of the molecule is O=C(O)NCCc1cn(S(=O)(=O)c2cccnc2Cl)c(-c2cccnc2F)c1F. The number of nitrogens with one attached hydrogen (secondary N) is 1. The van der Waals surface area contributed by atoms with Crippen LogP contribution in [0.3, 0.4) is 0 Å². The van der Waals surface area contributed by atoms with Gasteiger partial charge in [0.25, 0.3) is 10.0 Å². The molecule has 12 heteroatoms. The molecule has 3 rings (SSSR count). The largest absolute Gasteiger partial charge is 0.465 e. The third-order valence-corrected chi connectivity index (χ3v) is 6.03. The molecule has 2 N–H and O–H groups in total. The van der Waals surface area contributed by atoms with Crippen molar-refractivity contribution in [2.45, 2.75) is 11.3 Å². The maximum Gasteiger partial charge on any atom is 0.404 e. The number of rotatable bonds is 6. The van der Waals surface area contributed by atoms with E-state index in [1.165, 1.54) is 30.5 Å². The molecule has 8 nitrogen and oxygen atoms in total. The van der Waals surface area contributed by atoms with E-state index in [1.807, 2.05) is 0 Å². The van der Waals surface area contributed by atoms with Gasteiger partial charge in [0.05, 0.1) is 5.56 Å². The molecular formula is C17H13ClF2N4O4S. The standard InChI is InChI=1S/C17H13ClF2N4O4S/c18-15-12(4-2-6-21-15)29(27,28)24-9-10(5-8-23-17(25)26)13(19)14(24)11-3-1-7-22-16(11)20/h1-4,6-7,9,23H,5,8H2,(H,25,26). The second kappa shape index (κ2) is 8.13. The number of hydrogen-bond donors (Lipinski definition) is 2. The Balaban J connectivity index is 2.21. The molecule has 0 aliphatic carbocycles. The van der Waals surface area contributed by atoms with Gasteiger partial charge in [0.15, 0.2) is 5.82 Å². The molecular weight excluding hydrogens is 430 g/mol. The van der Waals surface area contributed by atoms with E-state index in [0.717, 1.165) is 12.4 Å². The minimum Gasteiger partial charge on any atom is -0.465 e. The first-order chi connectivity index (χ1) is 13.7. The van der Waals surface area contributed by atoms with Crippen LogP contribution in [-0.4, -0.2) is 40.1 Å². The molecule has 152 valence electrons. The van der Waals surface area contributed by atoms with E-state index in [9.17, 15) is 17.6 Å². The second-order valence-electron chi connectivity index (χ2n) is 5.73. The van der Waals surface area contributed by atoms with Gasteiger partial charge in [-0.3, -0.25) is 0 Å². The van der Waals surface area contributed by atoms with Crippen molar-refractivity contribution in [2.24, 2.45) is 0 Å². The molecule has 0 radical (unpaired) electrons. The van der Waals surface area contributed by atoms with Crippen LogP contribution in [0.2, 0.25) is 5.15 Å². The van der Waals surface area contributed by atoms with Gasteiger partial charge in [-0.1, -0.05) is 11.6 Å². The number of nitrogens with zero attached hydrogens (tertiary/aromatic N) is 3. The average Bonchev–Trinajstić information content (AvgIpc) is 2.99. The molecule has 0 saturated carbocycles. The summed E-state index contributed by atoms with van der Waals surface area (Å²) in [5.74, 6) is -2.10. The van der Waals surface area contributed by atoms with Crippen LogP contribution in [0.1, 0.15) is 5.56 Å². The Morgan fingerprint density at radius 1 is 1.21 bits per heavy atom. The Morgan fingerprint density at radius 3 is 2.55 bits per heavy atom. The number of carboxylic acid groups (broad SMARTS) is 1. The summed E-state index contributed by atoms with van der Waals surface area (Å²) < 4.78 is 56.2. The number of amides is 1. The Labute approximate surface area is 168 Å². The zero-order valence-electron chi connectivity index (χ0n) is 14.5. The molecule has 29 heavy (non-hydrogen) atoms. The van der Waals surface area contributed by atoms with Crippen LogP contribution < -0.4 is 5.32 Å². The third kappa shape index (κ3) is 4.05. The molecule has 3 aromatic rings. The number of aromatic nitrogens is 3. The van der Waals surface area contributed by atoms with Crippen molar-refractivity contribution in [3.63, 3.8) is 0 Å². The van der Waals surface area contributed by atoms with E-state index in [2.05, 4.69) is 15.3 Å². The van der Waals surface area contributed by atoms with E-state index in [0.29, 0.717) is 3.97 Å². The van der Waals surface area contributed by atoms with Gasteiger partial charge >= 0.3 is 6.09 Å². The molecule has 0 spiro atoms. The zero-order chi connectivity index (χ0) is 21.2. The lowest BCUT2D eigenvalue weighted by atomic mass is 10.1. The zero-order valence-corrected chi connectivity index (χ0v) is 16.1. The highest BCUT2D eigenvalue weighted by atomic mass is 35.5. The monoisotopic (exact) mass is 442 g/mol. The molecule has 0 atom stereocenters. The minimum atomic E-state index is -4.46. The predicted octanol–water partition coefficient (Wildman–Crippen LogP) is 2.92. The highest BCUT2D eigenvalue weighted by Gasteiger charge is 2.29. The molecule has 0 aliphatic heterocycles. The number of carbonyl (C=O) groups is 1. The topological polar surface area (TPSA) is 114 Å². The number of halogens is 3. The summed E-state index contributed by atoms with van der Waals surface area (Å²) in [7, 11) is -4.46. The first-order valence-electron chi connectivity index (χ1n) is 8.07. The van der Waals surface area contributed by atoms with Crippen molar-refractivity contribution in [1.29, 1.82) is 0 Å². The molecule has 0 aromatic carbocycles. The fourth-order valence-electron chi connectivity index (χ4n) is 2.65. The van der Waals surface area contributed by atoms with E-state index < -0.39 is 38.5 Å². The molecule has 3 aromatic heterocycles. The lowest BCUT2D eigenvalue weighted by Gasteiger charge is -2.11. The molecule has 0 bridgehead atoms. The van der Waals surface area contributed by atoms with Crippen molar-refractivity contribution in [2.75, 3.05) is 6.54 Å². The summed E-state index contributed by atoms with van der Waals surface area (Å²) in [6, 6.07) is 5.01. The maximum atomic E-state index is 15.1. The van der Waals surface area contributed by atoms with Gasteiger partial charge in [-0.15, -0.1) is 0 Å². The number of hydrogen-bond acceptors (Lipinski definition) is 5. The van der Waals surface area contributed by atoms with Crippen molar-refractivity contribution in [3.8, 4) is 11.3 Å².